The number of nitrogens with one attached hydrogen (secondary N) is 1. The Labute approximate surface area is 173 Å². The van der Waals surface area contributed by atoms with Gasteiger partial charge in [0.05, 0.1) is 32.3 Å². The number of hydrogen-bond donors (Lipinski definition) is 2. The van der Waals surface area contributed by atoms with Crippen LogP contribution in [0.15, 0.2) is 34.0 Å². The van der Waals surface area contributed by atoms with Crippen molar-refractivity contribution in [2.45, 2.75) is 23.8 Å². The third-order valence-electron chi connectivity index (χ3n) is 5.04. The van der Waals surface area contributed by atoms with Gasteiger partial charge in [0.25, 0.3) is 0 Å². The smallest absolute Gasteiger partial charge is 0.312 e. The highest BCUT2D eigenvalue weighted by Crippen LogP contribution is 2.50. The molecule has 2 aromatic rings. The number of methoxy groups -OCH3 is 3. The molecule has 0 saturated heterocycles. The summed E-state index contributed by atoms with van der Waals surface area (Å²) in [6.45, 7) is 0. The monoisotopic (exact) mass is 416 g/mol. The molecular formula is C21H24N2O5S. The summed E-state index contributed by atoms with van der Waals surface area (Å²) in [5.74, 6) is 1.55. The number of amides is 2. The first-order valence-electron chi connectivity index (χ1n) is 9.05. The summed E-state index contributed by atoms with van der Waals surface area (Å²) in [6.07, 6.45) is 3.04. The number of aryl methyl sites for hydroxylation is 1. The number of carbonyl (C=O) groups is 1. The van der Waals surface area contributed by atoms with Gasteiger partial charge >= 0.3 is 6.03 Å². The number of fused-ring (bicyclic) bond motifs is 3. The van der Waals surface area contributed by atoms with Crippen LogP contribution < -0.4 is 30.7 Å². The van der Waals surface area contributed by atoms with Crippen LogP contribution in [0.2, 0.25) is 0 Å². The number of carbonyl (C=O) groups excluding carboxylic acids is 1. The van der Waals surface area contributed by atoms with Crippen LogP contribution >= 0.6 is 11.8 Å². The second-order valence-corrected chi connectivity index (χ2v) is 7.41. The van der Waals surface area contributed by atoms with Gasteiger partial charge in [-0.3, -0.25) is 4.79 Å². The molecule has 1 aliphatic carbocycles. The summed E-state index contributed by atoms with van der Waals surface area (Å²) >= 11 is 1.37. The number of hydrogen-bond acceptors (Lipinski definition) is 6. The lowest BCUT2D eigenvalue weighted by molar-refractivity contribution is 0.244. The Balaban J connectivity index is 2.41. The van der Waals surface area contributed by atoms with Gasteiger partial charge in [-0.2, -0.15) is 0 Å². The average Bonchev–Trinajstić information content (AvgIpc) is 2.95. The Hall–Kier alpha value is -2.87. The molecule has 0 aliphatic heterocycles. The molecule has 0 bridgehead atoms. The summed E-state index contributed by atoms with van der Waals surface area (Å²) in [5, 5.41) is 2.78. The predicted octanol–water partition coefficient (Wildman–Crippen LogP) is 3.12. The van der Waals surface area contributed by atoms with Gasteiger partial charge < -0.3 is 25.3 Å². The van der Waals surface area contributed by atoms with Crippen molar-refractivity contribution in [1.82, 2.24) is 5.32 Å². The number of primary amides is 1. The summed E-state index contributed by atoms with van der Waals surface area (Å²) in [5.41, 5.74) is 8.56. The van der Waals surface area contributed by atoms with E-state index in [1.807, 2.05) is 18.4 Å². The van der Waals surface area contributed by atoms with Gasteiger partial charge in [-0.15, -0.1) is 11.8 Å². The maximum Gasteiger partial charge on any atom is 0.312 e. The first-order valence-corrected chi connectivity index (χ1v) is 10.3. The summed E-state index contributed by atoms with van der Waals surface area (Å²) in [7, 11) is 4.69. The minimum Gasteiger partial charge on any atom is -0.493 e. The highest BCUT2D eigenvalue weighted by atomic mass is 32.2. The standard InChI is InChI=1S/C21H24N2O5S/c1-26-16-9-11-5-7-14(23-21(22)25)13-10-15(24)17(29-4)8-6-12(13)18(11)20(28-3)19(16)27-2/h6,8-10,14H,5,7H2,1-4H3,(H3,22,23,25)/t14-/m0/s1. The highest BCUT2D eigenvalue weighted by molar-refractivity contribution is 7.98. The van der Waals surface area contributed by atoms with Crippen LogP contribution in [0.1, 0.15) is 23.6 Å². The molecule has 8 heteroatoms. The minimum atomic E-state index is -0.641. The normalized spacial score (nSPS) is 14.8. The molecule has 1 atom stereocenters. The second-order valence-electron chi connectivity index (χ2n) is 6.56. The van der Waals surface area contributed by atoms with Gasteiger partial charge in [0.1, 0.15) is 0 Å². The SMILES string of the molecule is COc1cc2c(c(OC)c1OC)-c1ccc(SC)c(=O)cc1[C@@H](NC(N)=O)CC2. The molecule has 0 aromatic heterocycles. The van der Waals surface area contributed by atoms with Gasteiger partial charge in [0.2, 0.25) is 5.75 Å². The van der Waals surface area contributed by atoms with Crippen molar-refractivity contribution < 1.29 is 19.0 Å². The van der Waals surface area contributed by atoms with E-state index in [9.17, 15) is 9.59 Å². The van der Waals surface area contributed by atoms with Gasteiger partial charge in [0, 0.05) is 5.56 Å². The summed E-state index contributed by atoms with van der Waals surface area (Å²) in [4.78, 5) is 25.0. The van der Waals surface area contributed by atoms with Crippen LogP contribution in [0, 0.1) is 0 Å². The van der Waals surface area contributed by atoms with Crippen molar-refractivity contribution in [3.63, 3.8) is 0 Å². The lowest BCUT2D eigenvalue weighted by atomic mass is 9.95. The van der Waals surface area contributed by atoms with Crippen molar-refractivity contribution in [1.29, 1.82) is 0 Å². The topological polar surface area (TPSA) is 99.9 Å². The Morgan fingerprint density at radius 1 is 1.14 bits per heavy atom. The number of nitrogens with two attached hydrogens (primary N) is 1. The van der Waals surface area contributed by atoms with E-state index in [-0.39, 0.29) is 5.43 Å². The van der Waals surface area contributed by atoms with E-state index in [0.29, 0.717) is 40.5 Å². The van der Waals surface area contributed by atoms with E-state index in [4.69, 9.17) is 19.9 Å². The molecule has 0 spiro atoms. The molecule has 0 heterocycles. The van der Waals surface area contributed by atoms with Crippen molar-refractivity contribution in [2.24, 2.45) is 5.73 Å². The molecule has 29 heavy (non-hydrogen) atoms. The van der Waals surface area contributed by atoms with E-state index in [1.54, 1.807) is 33.5 Å². The van der Waals surface area contributed by atoms with E-state index >= 15 is 0 Å². The molecule has 0 fully saturated rings. The second kappa shape index (κ2) is 8.65. The first-order chi connectivity index (χ1) is 13.9. The fourth-order valence-corrected chi connectivity index (χ4v) is 4.25. The van der Waals surface area contributed by atoms with Crippen LogP contribution in [0.25, 0.3) is 11.1 Å². The third-order valence-corrected chi connectivity index (χ3v) is 5.81. The fraction of sp³-hybridized carbons (Fsp3) is 0.333. The Bertz CT molecular complexity index is 1010. The molecule has 2 aromatic carbocycles. The van der Waals surface area contributed by atoms with E-state index in [2.05, 4.69) is 5.32 Å². The van der Waals surface area contributed by atoms with Gasteiger partial charge in [-0.25, -0.2) is 4.79 Å². The highest BCUT2D eigenvalue weighted by Gasteiger charge is 2.29. The number of urea groups is 1. The number of thioether (sulfide) groups is 1. The van der Waals surface area contributed by atoms with Crippen molar-refractivity contribution >= 4 is 17.8 Å². The Morgan fingerprint density at radius 2 is 1.86 bits per heavy atom. The van der Waals surface area contributed by atoms with Gasteiger partial charge in [0.15, 0.2) is 16.9 Å². The lowest BCUT2D eigenvalue weighted by Gasteiger charge is -2.19. The molecule has 154 valence electrons. The maximum atomic E-state index is 12.7. The number of ether oxygens (including phenoxy) is 3. The van der Waals surface area contributed by atoms with Crippen molar-refractivity contribution in [2.75, 3.05) is 27.6 Å². The summed E-state index contributed by atoms with van der Waals surface area (Å²) < 4.78 is 16.8. The first kappa shape index (κ1) is 20.9. The van der Waals surface area contributed by atoms with Gasteiger partial charge in [-0.1, -0.05) is 6.07 Å². The fourth-order valence-electron chi connectivity index (χ4n) is 3.79. The number of benzene rings is 1. The van der Waals surface area contributed by atoms with Crippen LogP contribution in [-0.2, 0) is 6.42 Å². The third kappa shape index (κ3) is 3.85. The molecule has 3 N–H and O–H groups in total. The molecule has 0 unspecified atom stereocenters. The zero-order valence-electron chi connectivity index (χ0n) is 16.8. The maximum absolute atomic E-state index is 12.7. The zero-order chi connectivity index (χ0) is 21.1. The number of rotatable bonds is 5. The van der Waals surface area contributed by atoms with E-state index in [1.165, 1.54) is 11.8 Å². The molecule has 0 saturated carbocycles. The van der Waals surface area contributed by atoms with Crippen molar-refractivity contribution in [3.05, 3.63) is 45.6 Å². The molecule has 3 rings (SSSR count). The zero-order valence-corrected chi connectivity index (χ0v) is 17.6. The molecular weight excluding hydrogens is 392 g/mol. The quantitative estimate of drug-likeness (QED) is 0.727. The van der Waals surface area contributed by atoms with Crippen LogP contribution in [0.4, 0.5) is 4.79 Å². The molecule has 1 aliphatic rings. The van der Waals surface area contributed by atoms with Crippen molar-refractivity contribution in [3.8, 4) is 28.4 Å². The van der Waals surface area contributed by atoms with Crippen LogP contribution in [-0.4, -0.2) is 33.6 Å². The van der Waals surface area contributed by atoms with Gasteiger partial charge in [-0.05, 0) is 54.0 Å². The Kier molecular flexibility index (Phi) is 6.22. The summed E-state index contributed by atoms with van der Waals surface area (Å²) in [6, 6.07) is 6.11. The lowest BCUT2D eigenvalue weighted by Crippen LogP contribution is -2.33. The largest absolute Gasteiger partial charge is 0.493 e. The minimum absolute atomic E-state index is 0.113. The molecule has 2 amide bonds. The van der Waals surface area contributed by atoms with E-state index < -0.39 is 12.1 Å². The molecule has 0 radical (unpaired) electrons. The van der Waals surface area contributed by atoms with Crippen LogP contribution in [0.3, 0.4) is 0 Å². The van der Waals surface area contributed by atoms with Crippen LogP contribution in [0.5, 0.6) is 17.2 Å². The average molecular weight is 416 g/mol. The van der Waals surface area contributed by atoms with E-state index in [0.717, 1.165) is 16.7 Å². The molecule has 7 nitrogen and oxygen atoms in total. The Morgan fingerprint density at radius 3 is 2.45 bits per heavy atom. The predicted molar refractivity (Wildman–Crippen MR) is 113 cm³/mol.